The van der Waals surface area contributed by atoms with E-state index in [1.165, 1.54) is 94.6 Å². The van der Waals surface area contributed by atoms with Gasteiger partial charge in [0.1, 0.15) is 5.75 Å². The quantitative estimate of drug-likeness (QED) is 0.276. The molecule has 2 heteroatoms. The van der Waals surface area contributed by atoms with Crippen molar-refractivity contribution >= 4 is 0 Å². The lowest BCUT2D eigenvalue weighted by Crippen LogP contribution is -2.13. The lowest BCUT2D eigenvalue weighted by Gasteiger charge is -2.29. The molecule has 0 unspecified atom stereocenters. The number of rotatable bonds is 14. The van der Waals surface area contributed by atoms with Crippen LogP contribution in [0, 0.1) is 5.92 Å². The summed E-state index contributed by atoms with van der Waals surface area (Å²) in [5.41, 5.74) is 3.74. The van der Waals surface area contributed by atoms with Crippen molar-refractivity contribution in [1.82, 2.24) is 4.98 Å². The molecular formula is C30H45NO. The number of ether oxygens (including phenoxy) is 1. The van der Waals surface area contributed by atoms with Gasteiger partial charge in [0, 0.05) is 5.56 Å². The van der Waals surface area contributed by atoms with Crippen molar-refractivity contribution in [3.8, 4) is 17.0 Å². The van der Waals surface area contributed by atoms with Crippen LogP contribution in [0.5, 0.6) is 5.75 Å². The van der Waals surface area contributed by atoms with Gasteiger partial charge in [-0.3, -0.25) is 4.98 Å². The largest absolute Gasteiger partial charge is 0.492 e. The Morgan fingerprint density at radius 2 is 1.44 bits per heavy atom. The Balaban J connectivity index is 1.41. The zero-order valence-electron chi connectivity index (χ0n) is 20.7. The molecule has 176 valence electrons. The molecule has 0 saturated heterocycles. The number of pyridine rings is 1. The Bertz CT molecular complexity index is 728. The van der Waals surface area contributed by atoms with Gasteiger partial charge in [0.15, 0.2) is 0 Å². The second-order valence-corrected chi connectivity index (χ2v) is 9.83. The maximum atomic E-state index is 5.88. The van der Waals surface area contributed by atoms with Crippen LogP contribution >= 0.6 is 0 Å². The Morgan fingerprint density at radius 3 is 2.12 bits per heavy atom. The molecule has 2 nitrogen and oxygen atoms in total. The molecule has 1 aliphatic rings. The summed E-state index contributed by atoms with van der Waals surface area (Å²) in [6.45, 7) is 5.35. The highest BCUT2D eigenvalue weighted by Crippen LogP contribution is 2.38. The van der Waals surface area contributed by atoms with Crippen LogP contribution in [-0.2, 0) is 0 Å². The van der Waals surface area contributed by atoms with Crippen LogP contribution in [0.2, 0.25) is 0 Å². The first-order valence-electron chi connectivity index (χ1n) is 13.5. The molecule has 0 N–H and O–H groups in total. The number of aromatic nitrogens is 1. The summed E-state index contributed by atoms with van der Waals surface area (Å²) in [6, 6.07) is 13.3. The fraction of sp³-hybridized carbons (Fsp3) is 0.633. The number of hydrogen-bond donors (Lipinski definition) is 0. The van der Waals surface area contributed by atoms with Crippen LogP contribution in [0.15, 0.2) is 42.6 Å². The third-order valence-corrected chi connectivity index (χ3v) is 7.24. The van der Waals surface area contributed by atoms with Gasteiger partial charge in [0.05, 0.1) is 18.5 Å². The van der Waals surface area contributed by atoms with E-state index >= 15 is 0 Å². The van der Waals surface area contributed by atoms with E-state index in [9.17, 15) is 0 Å². The molecule has 0 amide bonds. The van der Waals surface area contributed by atoms with Crippen molar-refractivity contribution in [2.45, 2.75) is 110 Å². The van der Waals surface area contributed by atoms with Gasteiger partial charge < -0.3 is 4.74 Å². The molecule has 1 saturated carbocycles. The molecule has 0 radical (unpaired) electrons. The Hall–Kier alpha value is -1.83. The van der Waals surface area contributed by atoms with E-state index in [2.05, 4.69) is 55.2 Å². The fourth-order valence-electron chi connectivity index (χ4n) is 5.10. The van der Waals surface area contributed by atoms with Gasteiger partial charge in [0.2, 0.25) is 0 Å². The first-order chi connectivity index (χ1) is 15.8. The summed E-state index contributed by atoms with van der Waals surface area (Å²) in [7, 11) is 0. The minimum absolute atomic E-state index is 0.747. The Morgan fingerprint density at radius 1 is 0.750 bits per heavy atom. The van der Waals surface area contributed by atoms with E-state index in [1.54, 1.807) is 0 Å². The highest BCUT2D eigenvalue weighted by atomic mass is 16.5. The van der Waals surface area contributed by atoms with E-state index in [1.807, 2.05) is 6.20 Å². The molecule has 1 aliphatic carbocycles. The maximum absolute atomic E-state index is 5.88. The van der Waals surface area contributed by atoms with E-state index in [0.717, 1.165) is 36.3 Å². The summed E-state index contributed by atoms with van der Waals surface area (Å²) in [6.07, 6.45) is 20.8. The summed E-state index contributed by atoms with van der Waals surface area (Å²) in [5.74, 6) is 2.61. The summed E-state index contributed by atoms with van der Waals surface area (Å²) >= 11 is 0. The van der Waals surface area contributed by atoms with Crippen molar-refractivity contribution < 1.29 is 4.74 Å². The van der Waals surface area contributed by atoms with Crippen molar-refractivity contribution in [1.29, 1.82) is 0 Å². The second kappa shape index (κ2) is 14.3. The molecule has 0 bridgehead atoms. The van der Waals surface area contributed by atoms with Crippen molar-refractivity contribution in [2.24, 2.45) is 5.92 Å². The first kappa shape index (κ1) is 24.8. The molecule has 32 heavy (non-hydrogen) atoms. The van der Waals surface area contributed by atoms with Crippen LogP contribution in [0.4, 0.5) is 0 Å². The Kier molecular flexibility index (Phi) is 11.1. The SMILES string of the molecule is CCCCCCCCOc1ccc(-c2ccc(C3CCC(CCCCC)CC3)cc2)nc1. The van der Waals surface area contributed by atoms with Gasteiger partial charge in [-0.25, -0.2) is 0 Å². The third-order valence-electron chi connectivity index (χ3n) is 7.24. The normalized spacial score (nSPS) is 18.6. The molecular weight excluding hydrogens is 390 g/mol. The smallest absolute Gasteiger partial charge is 0.137 e. The maximum Gasteiger partial charge on any atom is 0.137 e. The van der Waals surface area contributed by atoms with Crippen molar-refractivity contribution in [2.75, 3.05) is 6.61 Å². The van der Waals surface area contributed by atoms with E-state index in [4.69, 9.17) is 4.74 Å². The minimum atomic E-state index is 0.747. The van der Waals surface area contributed by atoms with Crippen LogP contribution in [0.1, 0.15) is 115 Å². The van der Waals surface area contributed by atoms with Crippen molar-refractivity contribution in [3.05, 3.63) is 48.2 Å². The number of unbranched alkanes of at least 4 members (excludes halogenated alkanes) is 7. The predicted molar refractivity (Wildman–Crippen MR) is 137 cm³/mol. The molecule has 1 aromatic carbocycles. The lowest BCUT2D eigenvalue weighted by molar-refractivity contribution is 0.303. The van der Waals surface area contributed by atoms with Crippen molar-refractivity contribution in [3.63, 3.8) is 0 Å². The summed E-state index contributed by atoms with van der Waals surface area (Å²) in [5, 5.41) is 0. The standard InChI is InChI=1S/C30H45NO/c1-3-5-7-8-9-11-23-32-29-21-22-30(31-24-29)28-19-17-27(18-20-28)26-15-13-25(14-16-26)12-10-6-4-2/h17-22,24-26H,3-16,23H2,1-2H3. The zero-order valence-corrected chi connectivity index (χ0v) is 20.7. The highest BCUT2D eigenvalue weighted by Gasteiger charge is 2.22. The van der Waals surface area contributed by atoms with Crippen LogP contribution in [0.3, 0.4) is 0 Å². The second-order valence-electron chi connectivity index (χ2n) is 9.83. The zero-order chi connectivity index (χ0) is 22.4. The number of hydrogen-bond acceptors (Lipinski definition) is 2. The fourth-order valence-corrected chi connectivity index (χ4v) is 5.10. The summed E-state index contributed by atoms with van der Waals surface area (Å²) < 4.78 is 5.88. The topological polar surface area (TPSA) is 22.1 Å². The molecule has 0 spiro atoms. The third kappa shape index (κ3) is 8.26. The van der Waals surface area contributed by atoms with E-state index in [0.29, 0.717) is 0 Å². The highest BCUT2D eigenvalue weighted by molar-refractivity contribution is 5.60. The minimum Gasteiger partial charge on any atom is -0.492 e. The van der Waals surface area contributed by atoms with Gasteiger partial charge in [-0.1, -0.05) is 95.9 Å². The van der Waals surface area contributed by atoms with Gasteiger partial charge in [-0.15, -0.1) is 0 Å². The first-order valence-corrected chi connectivity index (χ1v) is 13.5. The lowest BCUT2D eigenvalue weighted by atomic mass is 9.77. The summed E-state index contributed by atoms with van der Waals surface area (Å²) in [4.78, 5) is 4.65. The van der Waals surface area contributed by atoms with E-state index < -0.39 is 0 Å². The monoisotopic (exact) mass is 435 g/mol. The molecule has 1 fully saturated rings. The van der Waals surface area contributed by atoms with Gasteiger partial charge >= 0.3 is 0 Å². The Labute approximate surface area is 197 Å². The molecule has 3 rings (SSSR count). The van der Waals surface area contributed by atoms with Gasteiger partial charge in [-0.2, -0.15) is 0 Å². The van der Waals surface area contributed by atoms with Crippen LogP contribution in [-0.4, -0.2) is 11.6 Å². The molecule has 1 heterocycles. The average molecular weight is 436 g/mol. The molecule has 2 aromatic rings. The molecule has 0 atom stereocenters. The van der Waals surface area contributed by atoms with Crippen LogP contribution < -0.4 is 4.74 Å². The van der Waals surface area contributed by atoms with Gasteiger partial charge in [-0.05, 0) is 61.6 Å². The van der Waals surface area contributed by atoms with Crippen LogP contribution in [0.25, 0.3) is 11.3 Å². The average Bonchev–Trinajstić information content (AvgIpc) is 2.85. The predicted octanol–water partition coefficient (Wildman–Crippen LogP) is 9.34. The van der Waals surface area contributed by atoms with Gasteiger partial charge in [0.25, 0.3) is 0 Å². The number of benzene rings is 1. The van der Waals surface area contributed by atoms with E-state index in [-0.39, 0.29) is 0 Å². The molecule has 0 aliphatic heterocycles. The molecule has 1 aromatic heterocycles. The number of nitrogens with zero attached hydrogens (tertiary/aromatic N) is 1.